The van der Waals surface area contributed by atoms with Gasteiger partial charge in [0, 0.05) is 45.7 Å². The van der Waals surface area contributed by atoms with E-state index in [4.69, 9.17) is 4.99 Å². The summed E-state index contributed by atoms with van der Waals surface area (Å²) in [6.45, 7) is 8.02. The molecule has 0 radical (unpaired) electrons. The van der Waals surface area contributed by atoms with E-state index in [9.17, 15) is 4.79 Å². The smallest absolute Gasteiger partial charge is 0.222 e. The van der Waals surface area contributed by atoms with Gasteiger partial charge in [0.05, 0.1) is 0 Å². The molecular formula is C21H38N4O. The molecule has 148 valence electrons. The van der Waals surface area contributed by atoms with Crippen LogP contribution in [0, 0.1) is 5.41 Å². The average Bonchev–Trinajstić information content (AvgIpc) is 2.92. The fourth-order valence-corrected chi connectivity index (χ4v) is 5.09. The first-order valence-electron chi connectivity index (χ1n) is 11.0. The number of rotatable bonds is 5. The highest BCUT2D eigenvalue weighted by molar-refractivity contribution is 5.80. The van der Waals surface area contributed by atoms with Crippen molar-refractivity contribution < 1.29 is 4.79 Å². The van der Waals surface area contributed by atoms with Gasteiger partial charge in [0.15, 0.2) is 5.96 Å². The number of hydrogen-bond acceptors (Lipinski definition) is 2. The summed E-state index contributed by atoms with van der Waals surface area (Å²) in [6, 6.07) is 0. The van der Waals surface area contributed by atoms with E-state index in [1.165, 1.54) is 57.9 Å². The Bertz CT molecular complexity index is 482. The van der Waals surface area contributed by atoms with Gasteiger partial charge in [-0.1, -0.05) is 25.7 Å². The van der Waals surface area contributed by atoms with Gasteiger partial charge in [0.2, 0.25) is 5.91 Å². The van der Waals surface area contributed by atoms with Crippen molar-refractivity contribution in [1.82, 2.24) is 15.1 Å². The van der Waals surface area contributed by atoms with Gasteiger partial charge in [-0.25, -0.2) is 0 Å². The number of nitrogens with zero attached hydrogens (tertiary/aromatic N) is 3. The van der Waals surface area contributed by atoms with Gasteiger partial charge in [-0.2, -0.15) is 0 Å². The van der Waals surface area contributed by atoms with Crippen LogP contribution in [-0.4, -0.2) is 60.9 Å². The highest BCUT2D eigenvalue weighted by atomic mass is 16.2. The first kappa shape index (κ1) is 19.5. The second-order valence-electron chi connectivity index (χ2n) is 8.51. The molecule has 0 aromatic heterocycles. The van der Waals surface area contributed by atoms with Gasteiger partial charge in [0.25, 0.3) is 0 Å². The van der Waals surface area contributed by atoms with Crippen LogP contribution in [0.2, 0.25) is 0 Å². The molecule has 2 aliphatic heterocycles. The molecule has 3 aliphatic rings. The molecule has 3 fully saturated rings. The molecule has 26 heavy (non-hydrogen) atoms. The molecule has 0 aromatic rings. The topological polar surface area (TPSA) is 47.9 Å². The first-order valence-corrected chi connectivity index (χ1v) is 11.0. The Balaban J connectivity index is 1.54. The third-order valence-corrected chi connectivity index (χ3v) is 6.48. The van der Waals surface area contributed by atoms with Crippen LogP contribution in [-0.2, 0) is 4.79 Å². The maximum absolute atomic E-state index is 11.7. The fourth-order valence-electron chi connectivity index (χ4n) is 5.09. The summed E-state index contributed by atoms with van der Waals surface area (Å²) in [4.78, 5) is 21.2. The van der Waals surface area contributed by atoms with Crippen molar-refractivity contribution in [2.24, 2.45) is 10.4 Å². The molecular weight excluding hydrogens is 324 g/mol. The molecule has 5 heteroatoms. The zero-order valence-corrected chi connectivity index (χ0v) is 16.8. The molecule has 5 nitrogen and oxygen atoms in total. The molecule has 0 aromatic carbocycles. The zero-order valence-electron chi connectivity index (χ0n) is 16.8. The summed E-state index contributed by atoms with van der Waals surface area (Å²) in [5.74, 6) is 1.43. The summed E-state index contributed by atoms with van der Waals surface area (Å²) in [5, 5.41) is 3.52. The Hall–Kier alpha value is -1.26. The van der Waals surface area contributed by atoms with E-state index in [-0.39, 0.29) is 0 Å². The van der Waals surface area contributed by atoms with Gasteiger partial charge < -0.3 is 15.1 Å². The van der Waals surface area contributed by atoms with Crippen LogP contribution in [0.25, 0.3) is 0 Å². The molecule has 2 heterocycles. The van der Waals surface area contributed by atoms with Gasteiger partial charge in [-0.15, -0.1) is 0 Å². The van der Waals surface area contributed by atoms with Crippen LogP contribution in [0.15, 0.2) is 4.99 Å². The Labute approximate surface area is 159 Å². The molecule has 1 N–H and O–H groups in total. The van der Waals surface area contributed by atoms with Crippen LogP contribution in [0.5, 0.6) is 0 Å². The van der Waals surface area contributed by atoms with Gasteiger partial charge in [-0.05, 0) is 50.9 Å². The van der Waals surface area contributed by atoms with Crippen molar-refractivity contribution in [3.05, 3.63) is 0 Å². The van der Waals surface area contributed by atoms with Gasteiger partial charge in [-0.3, -0.25) is 9.79 Å². The van der Waals surface area contributed by atoms with Crippen molar-refractivity contribution in [3.63, 3.8) is 0 Å². The molecule has 1 aliphatic carbocycles. The van der Waals surface area contributed by atoms with E-state index < -0.39 is 0 Å². The zero-order chi connectivity index (χ0) is 18.2. The molecule has 0 atom stereocenters. The van der Waals surface area contributed by atoms with E-state index in [1.54, 1.807) is 0 Å². The van der Waals surface area contributed by atoms with Crippen LogP contribution in [0.3, 0.4) is 0 Å². The van der Waals surface area contributed by atoms with Gasteiger partial charge >= 0.3 is 0 Å². The second kappa shape index (κ2) is 9.61. The van der Waals surface area contributed by atoms with Crippen LogP contribution in [0.4, 0.5) is 0 Å². The monoisotopic (exact) mass is 362 g/mol. The largest absolute Gasteiger partial charge is 0.357 e. The number of piperidine rings is 1. The average molecular weight is 363 g/mol. The summed E-state index contributed by atoms with van der Waals surface area (Å²) >= 11 is 0. The summed E-state index contributed by atoms with van der Waals surface area (Å²) in [7, 11) is 0. The lowest BCUT2D eigenvalue weighted by Crippen LogP contribution is -2.50. The molecule has 0 bridgehead atoms. The molecule has 0 unspecified atom stereocenters. The lowest BCUT2D eigenvalue weighted by molar-refractivity contribution is -0.127. The maximum Gasteiger partial charge on any atom is 0.222 e. The van der Waals surface area contributed by atoms with Crippen LogP contribution < -0.4 is 5.32 Å². The lowest BCUT2D eigenvalue weighted by atomic mass is 9.74. The van der Waals surface area contributed by atoms with E-state index in [0.717, 1.165) is 57.9 Å². The minimum atomic E-state index is 0.326. The normalized spacial score (nSPS) is 24.2. The number of amides is 1. The third kappa shape index (κ3) is 5.14. The number of hydrogen-bond donors (Lipinski definition) is 1. The van der Waals surface area contributed by atoms with Crippen molar-refractivity contribution in [1.29, 1.82) is 0 Å². The first-order chi connectivity index (χ1) is 12.7. The quantitative estimate of drug-likeness (QED) is 0.463. The number of guanidine groups is 1. The number of nitrogens with one attached hydrogen (secondary N) is 1. The standard InChI is InChI=1S/C21H38N4O/c1-2-22-20(23-14-9-17-24-15-7-10-19(24)26)25-16-8-13-21(18-25)11-5-3-4-6-12-21/h2-18H2,1H3,(H,22,23). The van der Waals surface area contributed by atoms with Crippen molar-refractivity contribution in [3.8, 4) is 0 Å². The minimum Gasteiger partial charge on any atom is -0.357 e. The Morgan fingerprint density at radius 2 is 1.85 bits per heavy atom. The molecule has 3 rings (SSSR count). The van der Waals surface area contributed by atoms with Gasteiger partial charge in [0.1, 0.15) is 0 Å². The van der Waals surface area contributed by atoms with E-state index >= 15 is 0 Å². The summed E-state index contributed by atoms with van der Waals surface area (Å²) in [5.41, 5.74) is 0.535. The molecule has 2 saturated heterocycles. The molecule has 1 saturated carbocycles. The SMILES string of the molecule is CCNC(=NCCCN1CCCC1=O)N1CCCC2(CCCCCC2)C1. The predicted octanol–water partition coefficient (Wildman–Crippen LogP) is 3.40. The van der Waals surface area contributed by atoms with Crippen LogP contribution in [0.1, 0.15) is 77.6 Å². The van der Waals surface area contributed by atoms with Crippen molar-refractivity contribution in [2.45, 2.75) is 77.6 Å². The fraction of sp³-hybridized carbons (Fsp3) is 0.905. The highest BCUT2D eigenvalue weighted by Gasteiger charge is 2.36. The van der Waals surface area contributed by atoms with E-state index in [2.05, 4.69) is 17.1 Å². The predicted molar refractivity (Wildman–Crippen MR) is 107 cm³/mol. The highest BCUT2D eigenvalue weighted by Crippen LogP contribution is 2.42. The molecule has 1 spiro atoms. The molecule has 1 amide bonds. The Morgan fingerprint density at radius 1 is 1.08 bits per heavy atom. The summed E-state index contributed by atoms with van der Waals surface area (Å²) < 4.78 is 0. The Morgan fingerprint density at radius 3 is 2.54 bits per heavy atom. The van der Waals surface area contributed by atoms with E-state index in [0.29, 0.717) is 11.3 Å². The lowest BCUT2D eigenvalue weighted by Gasteiger charge is -2.44. The van der Waals surface area contributed by atoms with Crippen molar-refractivity contribution in [2.75, 3.05) is 39.3 Å². The summed E-state index contributed by atoms with van der Waals surface area (Å²) in [6.07, 6.45) is 13.9. The third-order valence-electron chi connectivity index (χ3n) is 6.48. The van der Waals surface area contributed by atoms with Crippen LogP contribution >= 0.6 is 0 Å². The van der Waals surface area contributed by atoms with E-state index in [1.807, 2.05) is 4.90 Å². The number of aliphatic imine (C=N–C) groups is 1. The number of likely N-dealkylation sites (tertiary alicyclic amines) is 2. The minimum absolute atomic E-state index is 0.326. The second-order valence-corrected chi connectivity index (χ2v) is 8.51. The van der Waals surface area contributed by atoms with Crippen molar-refractivity contribution >= 4 is 11.9 Å². The number of carbonyl (C=O) groups is 1. The Kier molecular flexibility index (Phi) is 7.21. The number of carbonyl (C=O) groups excluding carboxylic acids is 1. The maximum atomic E-state index is 11.7.